The molecule has 0 aliphatic heterocycles. The van der Waals surface area contributed by atoms with E-state index in [1.807, 2.05) is 14.0 Å². The van der Waals surface area contributed by atoms with E-state index in [4.69, 9.17) is 21.3 Å². The van der Waals surface area contributed by atoms with E-state index in [1.54, 1.807) is 49.3 Å². The van der Waals surface area contributed by atoms with E-state index in [2.05, 4.69) is 32.0 Å². The summed E-state index contributed by atoms with van der Waals surface area (Å²) in [6.07, 6.45) is 6.92. The Morgan fingerprint density at radius 2 is 2.00 bits per heavy atom. The SMILES string of the molecule is COCC(C)N(C)c1c(CC(=O)Cc2cnc(-n3nccn3)c(Cl)c2)cnc2sc(C)nc12. The Morgan fingerprint density at radius 3 is 2.70 bits per heavy atom. The van der Waals surface area contributed by atoms with Crippen LogP contribution in [0.1, 0.15) is 23.1 Å². The van der Waals surface area contributed by atoms with Crippen molar-refractivity contribution in [3.63, 3.8) is 0 Å². The van der Waals surface area contributed by atoms with Crippen molar-refractivity contribution in [2.24, 2.45) is 0 Å². The average Bonchev–Trinajstić information content (AvgIpc) is 3.42. The highest BCUT2D eigenvalue weighted by Crippen LogP contribution is 2.33. The lowest BCUT2D eigenvalue weighted by Gasteiger charge is -2.28. The van der Waals surface area contributed by atoms with Crippen LogP contribution in [0.4, 0.5) is 5.69 Å². The Labute approximate surface area is 200 Å². The number of hydrogen-bond donors (Lipinski definition) is 0. The number of carbonyl (C=O) groups is 1. The fourth-order valence-electron chi connectivity index (χ4n) is 3.65. The number of aryl methyl sites for hydroxylation is 1. The van der Waals surface area contributed by atoms with E-state index in [0.29, 0.717) is 17.4 Å². The minimum atomic E-state index is 0.0278. The number of anilines is 1. The van der Waals surface area contributed by atoms with E-state index in [-0.39, 0.29) is 24.7 Å². The van der Waals surface area contributed by atoms with Crippen molar-refractivity contribution >= 4 is 44.8 Å². The molecule has 0 fully saturated rings. The molecule has 0 saturated carbocycles. The summed E-state index contributed by atoms with van der Waals surface area (Å²) < 4.78 is 5.34. The highest BCUT2D eigenvalue weighted by molar-refractivity contribution is 7.18. The Balaban J connectivity index is 1.59. The molecule has 0 saturated heterocycles. The molecule has 0 N–H and O–H groups in total. The summed E-state index contributed by atoms with van der Waals surface area (Å²) in [6.45, 7) is 4.58. The number of Topliss-reactive ketones (excluding diaryl/α,β-unsaturated/α-hetero) is 1. The molecule has 4 heterocycles. The highest BCUT2D eigenvalue weighted by atomic mass is 35.5. The molecule has 1 unspecified atom stereocenters. The Morgan fingerprint density at radius 1 is 1.24 bits per heavy atom. The Hall–Kier alpha value is -2.95. The van der Waals surface area contributed by atoms with Gasteiger partial charge in [-0.1, -0.05) is 22.9 Å². The first kappa shape index (κ1) is 23.2. The average molecular weight is 486 g/mol. The maximum atomic E-state index is 13.0. The van der Waals surface area contributed by atoms with Crippen LogP contribution in [0, 0.1) is 6.92 Å². The van der Waals surface area contributed by atoms with Gasteiger partial charge in [-0.15, -0.1) is 4.80 Å². The first-order chi connectivity index (χ1) is 15.9. The fraction of sp³-hybridized carbons (Fsp3) is 0.364. The number of fused-ring (bicyclic) bond motifs is 1. The van der Waals surface area contributed by atoms with Gasteiger partial charge in [-0.3, -0.25) is 4.79 Å². The summed E-state index contributed by atoms with van der Waals surface area (Å²) in [5, 5.41) is 9.39. The standard InChI is InChI=1S/C22H24ClN7O2S/c1-13(12-32-4)29(3)20-16(11-25-22-19(20)28-14(2)33-22)9-17(31)7-15-8-18(23)21(24-10-15)30-26-5-6-27-30/h5-6,8,10-11,13H,7,9,12H2,1-4H3. The summed E-state index contributed by atoms with van der Waals surface area (Å²) in [5.41, 5.74) is 3.29. The zero-order valence-corrected chi connectivity index (χ0v) is 20.4. The normalized spacial score (nSPS) is 12.3. The molecule has 0 amide bonds. The van der Waals surface area contributed by atoms with E-state index in [0.717, 1.165) is 32.2 Å². The molecular weight excluding hydrogens is 462 g/mol. The monoisotopic (exact) mass is 485 g/mol. The number of rotatable bonds is 9. The summed E-state index contributed by atoms with van der Waals surface area (Å²) in [4.78, 5) is 30.9. The highest BCUT2D eigenvalue weighted by Gasteiger charge is 2.22. The predicted molar refractivity (Wildman–Crippen MR) is 128 cm³/mol. The zero-order chi connectivity index (χ0) is 23.5. The topological polar surface area (TPSA) is 98.9 Å². The van der Waals surface area contributed by atoms with Crippen molar-refractivity contribution in [1.82, 2.24) is 29.9 Å². The van der Waals surface area contributed by atoms with Crippen molar-refractivity contribution in [3.05, 3.63) is 52.0 Å². The van der Waals surface area contributed by atoms with Gasteiger partial charge >= 0.3 is 0 Å². The molecule has 0 aromatic carbocycles. The van der Waals surface area contributed by atoms with Crippen LogP contribution in [-0.4, -0.2) is 62.5 Å². The minimum absolute atomic E-state index is 0.0278. The lowest BCUT2D eigenvalue weighted by molar-refractivity contribution is -0.117. The fourth-order valence-corrected chi connectivity index (χ4v) is 4.67. The molecule has 33 heavy (non-hydrogen) atoms. The molecule has 4 aromatic heterocycles. The summed E-state index contributed by atoms with van der Waals surface area (Å²) in [6, 6.07) is 1.83. The smallest absolute Gasteiger partial charge is 0.193 e. The summed E-state index contributed by atoms with van der Waals surface area (Å²) in [5.74, 6) is 0.447. The van der Waals surface area contributed by atoms with Gasteiger partial charge in [0.1, 0.15) is 16.1 Å². The van der Waals surface area contributed by atoms with Crippen molar-refractivity contribution in [3.8, 4) is 5.82 Å². The number of pyridine rings is 2. The van der Waals surface area contributed by atoms with Gasteiger partial charge in [-0.25, -0.2) is 15.0 Å². The van der Waals surface area contributed by atoms with Crippen LogP contribution in [0.2, 0.25) is 5.02 Å². The first-order valence-corrected chi connectivity index (χ1v) is 11.6. The van der Waals surface area contributed by atoms with Crippen LogP contribution in [0.3, 0.4) is 0 Å². The van der Waals surface area contributed by atoms with Gasteiger partial charge in [-0.2, -0.15) is 10.2 Å². The van der Waals surface area contributed by atoms with Crippen LogP contribution in [0.25, 0.3) is 16.2 Å². The third kappa shape index (κ3) is 5.02. The van der Waals surface area contributed by atoms with Crippen LogP contribution >= 0.6 is 22.9 Å². The largest absolute Gasteiger partial charge is 0.383 e. The number of ketones is 1. The van der Waals surface area contributed by atoms with Crippen LogP contribution < -0.4 is 4.90 Å². The van der Waals surface area contributed by atoms with Gasteiger partial charge in [0.15, 0.2) is 5.82 Å². The quantitative estimate of drug-likeness (QED) is 0.355. The second-order valence-corrected chi connectivity index (χ2v) is 9.38. The number of methoxy groups -OCH3 is 1. The third-order valence-electron chi connectivity index (χ3n) is 5.28. The molecule has 1 atom stereocenters. The minimum Gasteiger partial charge on any atom is -0.383 e. The molecule has 4 aromatic rings. The van der Waals surface area contributed by atoms with Gasteiger partial charge in [0.2, 0.25) is 0 Å². The lowest BCUT2D eigenvalue weighted by Crippen LogP contribution is -2.33. The van der Waals surface area contributed by atoms with Gasteiger partial charge < -0.3 is 9.64 Å². The zero-order valence-electron chi connectivity index (χ0n) is 18.8. The van der Waals surface area contributed by atoms with Gasteiger partial charge in [0.25, 0.3) is 0 Å². The molecule has 0 aliphatic carbocycles. The number of hydrogen-bond acceptors (Lipinski definition) is 9. The van der Waals surface area contributed by atoms with Gasteiger partial charge in [0, 0.05) is 51.0 Å². The maximum absolute atomic E-state index is 13.0. The third-order valence-corrected chi connectivity index (χ3v) is 6.44. The summed E-state index contributed by atoms with van der Waals surface area (Å²) in [7, 11) is 3.67. The van der Waals surface area contributed by atoms with Crippen LogP contribution in [0.5, 0.6) is 0 Å². The van der Waals surface area contributed by atoms with E-state index in [1.165, 1.54) is 4.80 Å². The first-order valence-electron chi connectivity index (χ1n) is 10.4. The lowest BCUT2D eigenvalue weighted by atomic mass is 10.0. The van der Waals surface area contributed by atoms with Crippen molar-refractivity contribution < 1.29 is 9.53 Å². The van der Waals surface area contributed by atoms with Crippen molar-refractivity contribution in [2.45, 2.75) is 32.7 Å². The Bertz CT molecular complexity index is 1280. The van der Waals surface area contributed by atoms with Gasteiger partial charge in [0.05, 0.1) is 34.7 Å². The number of ether oxygens (including phenoxy) is 1. The molecular formula is C22H24ClN7O2S. The second kappa shape index (κ2) is 9.90. The van der Waals surface area contributed by atoms with E-state index >= 15 is 0 Å². The maximum Gasteiger partial charge on any atom is 0.193 e. The van der Waals surface area contributed by atoms with Gasteiger partial charge in [-0.05, 0) is 25.5 Å². The van der Waals surface area contributed by atoms with E-state index < -0.39 is 0 Å². The Kier molecular flexibility index (Phi) is 6.96. The molecule has 0 bridgehead atoms. The molecule has 11 heteroatoms. The number of likely N-dealkylation sites (N-methyl/N-ethyl adjacent to an activating group) is 1. The molecule has 0 spiro atoms. The molecule has 9 nitrogen and oxygen atoms in total. The molecule has 0 radical (unpaired) electrons. The number of halogens is 1. The number of aromatic nitrogens is 6. The van der Waals surface area contributed by atoms with E-state index in [9.17, 15) is 4.79 Å². The van der Waals surface area contributed by atoms with Crippen molar-refractivity contribution in [1.29, 1.82) is 0 Å². The number of nitrogens with zero attached hydrogens (tertiary/aromatic N) is 7. The predicted octanol–water partition coefficient (Wildman–Crippen LogP) is 3.45. The number of thiazole rings is 1. The molecule has 0 aliphatic rings. The number of carbonyl (C=O) groups excluding carboxylic acids is 1. The van der Waals surface area contributed by atoms with Crippen molar-refractivity contribution in [2.75, 3.05) is 25.7 Å². The molecule has 172 valence electrons. The van der Waals surface area contributed by atoms with Crippen LogP contribution in [-0.2, 0) is 22.4 Å². The second-order valence-electron chi connectivity index (χ2n) is 7.79. The van der Waals surface area contributed by atoms with Crippen LogP contribution in [0.15, 0.2) is 30.9 Å². The molecule has 4 rings (SSSR count). The summed E-state index contributed by atoms with van der Waals surface area (Å²) >= 11 is 7.89.